The molecule has 0 saturated carbocycles. The lowest BCUT2D eigenvalue weighted by Gasteiger charge is -2.24. The highest BCUT2D eigenvalue weighted by molar-refractivity contribution is 6.04. The summed E-state index contributed by atoms with van der Waals surface area (Å²) >= 11 is 0. The molecular formula is C36H45N3O. The van der Waals surface area contributed by atoms with E-state index in [1.807, 2.05) is 0 Å². The lowest BCUT2D eigenvalue weighted by Crippen LogP contribution is -2.21. The highest BCUT2D eigenvalue weighted by Gasteiger charge is 2.18. The second kappa shape index (κ2) is 12.0. The number of aromatic nitrogens is 1. The van der Waals surface area contributed by atoms with E-state index in [1.165, 1.54) is 36.5 Å². The molecule has 5 rings (SSSR count). The zero-order valence-electron chi connectivity index (χ0n) is 25.3. The molecule has 210 valence electrons. The van der Waals surface area contributed by atoms with Crippen LogP contribution in [0, 0.1) is 11.3 Å². The molecule has 0 amide bonds. The Morgan fingerprint density at radius 3 is 2.27 bits per heavy atom. The van der Waals surface area contributed by atoms with Gasteiger partial charge in [0.05, 0.1) is 5.36 Å². The van der Waals surface area contributed by atoms with Crippen LogP contribution in [0.15, 0.2) is 70.1 Å². The first-order valence-corrected chi connectivity index (χ1v) is 15.2. The molecule has 0 atom stereocenters. The van der Waals surface area contributed by atoms with E-state index in [4.69, 9.17) is 14.4 Å². The van der Waals surface area contributed by atoms with Gasteiger partial charge in [-0.25, -0.2) is 4.98 Å². The van der Waals surface area contributed by atoms with E-state index in [0.29, 0.717) is 5.41 Å². The van der Waals surface area contributed by atoms with Gasteiger partial charge < -0.3 is 9.32 Å². The summed E-state index contributed by atoms with van der Waals surface area (Å²) in [5.74, 6) is 1.57. The fourth-order valence-corrected chi connectivity index (χ4v) is 5.95. The Hall–Kier alpha value is -3.40. The van der Waals surface area contributed by atoms with Crippen LogP contribution in [0.2, 0.25) is 0 Å². The standard InChI is InChI=1S/C36H45N3O/c1-7-39(8-2)28-16-17-31-33(23-28)40-34-24-32(37-20-12-19-36(5,6)18-11-13-25(3)4)29-21-26-14-9-10-15-27(26)22-30(29)35(34)38-31/h9-10,14-17,21-25H,7-8,11-13,18-20H2,1-6H3. The predicted molar refractivity (Wildman–Crippen MR) is 171 cm³/mol. The molecule has 0 radical (unpaired) electrons. The van der Waals surface area contributed by atoms with Crippen LogP contribution in [0.3, 0.4) is 0 Å². The molecule has 0 unspecified atom stereocenters. The molecule has 40 heavy (non-hydrogen) atoms. The third kappa shape index (κ3) is 6.16. The first-order chi connectivity index (χ1) is 19.3. The van der Waals surface area contributed by atoms with Gasteiger partial charge in [0.2, 0.25) is 0 Å². The van der Waals surface area contributed by atoms with Crippen molar-refractivity contribution in [1.82, 2.24) is 4.98 Å². The molecule has 1 aliphatic carbocycles. The van der Waals surface area contributed by atoms with Crippen molar-refractivity contribution in [2.75, 3.05) is 24.5 Å². The van der Waals surface area contributed by atoms with Gasteiger partial charge in [-0.15, -0.1) is 0 Å². The highest BCUT2D eigenvalue weighted by atomic mass is 16.3. The van der Waals surface area contributed by atoms with Crippen LogP contribution in [-0.4, -0.2) is 24.6 Å². The van der Waals surface area contributed by atoms with Crippen LogP contribution in [-0.2, 0) is 0 Å². The van der Waals surface area contributed by atoms with Gasteiger partial charge in [0.15, 0.2) is 11.3 Å². The van der Waals surface area contributed by atoms with Crippen LogP contribution in [0.5, 0.6) is 0 Å². The lowest BCUT2D eigenvalue weighted by atomic mass is 9.82. The zero-order valence-corrected chi connectivity index (χ0v) is 25.3. The van der Waals surface area contributed by atoms with E-state index in [-0.39, 0.29) is 0 Å². The first-order valence-electron chi connectivity index (χ1n) is 15.2. The molecule has 3 aromatic carbocycles. The van der Waals surface area contributed by atoms with Crippen molar-refractivity contribution in [2.24, 2.45) is 16.3 Å². The van der Waals surface area contributed by atoms with Gasteiger partial charge in [-0.2, -0.15) is 0 Å². The van der Waals surface area contributed by atoms with Gasteiger partial charge >= 0.3 is 0 Å². The Kier molecular flexibility index (Phi) is 8.44. The number of benzene rings is 4. The van der Waals surface area contributed by atoms with E-state index in [1.54, 1.807) is 0 Å². The van der Waals surface area contributed by atoms with Gasteiger partial charge in [0.25, 0.3) is 0 Å². The van der Waals surface area contributed by atoms with E-state index in [0.717, 1.165) is 76.3 Å². The molecule has 3 aromatic rings. The zero-order chi connectivity index (χ0) is 28.3. The van der Waals surface area contributed by atoms with Crippen molar-refractivity contribution in [1.29, 1.82) is 0 Å². The van der Waals surface area contributed by atoms with Crippen molar-refractivity contribution >= 4 is 38.3 Å². The van der Waals surface area contributed by atoms with Gasteiger partial charge in [0.1, 0.15) is 11.2 Å². The molecule has 0 spiro atoms. The molecule has 0 aromatic heterocycles. The highest BCUT2D eigenvalue weighted by Crippen LogP contribution is 2.34. The second-order valence-electron chi connectivity index (χ2n) is 12.5. The van der Waals surface area contributed by atoms with Gasteiger partial charge in [-0.3, -0.25) is 4.99 Å². The number of anilines is 1. The number of fused-ring (bicyclic) bond motifs is 5. The Labute approximate surface area is 239 Å². The van der Waals surface area contributed by atoms with Crippen molar-refractivity contribution in [3.05, 3.63) is 66.0 Å². The summed E-state index contributed by atoms with van der Waals surface area (Å²) in [5, 5.41) is 5.66. The summed E-state index contributed by atoms with van der Waals surface area (Å²) in [6, 6.07) is 21.5. The molecule has 0 saturated heterocycles. The van der Waals surface area contributed by atoms with Crippen LogP contribution in [0.25, 0.3) is 44.1 Å². The average Bonchev–Trinajstić information content (AvgIpc) is 2.93. The molecule has 0 fully saturated rings. The lowest BCUT2D eigenvalue weighted by molar-refractivity contribution is 0.283. The predicted octanol–water partition coefficient (Wildman–Crippen LogP) is 9.62. The molecule has 1 aliphatic heterocycles. The Balaban J connectivity index is 1.55. The van der Waals surface area contributed by atoms with Crippen molar-refractivity contribution in [3.63, 3.8) is 0 Å². The van der Waals surface area contributed by atoms with Crippen molar-refractivity contribution in [2.45, 2.75) is 73.6 Å². The Bertz CT molecular complexity index is 1640. The van der Waals surface area contributed by atoms with Crippen LogP contribution >= 0.6 is 0 Å². The monoisotopic (exact) mass is 535 g/mol. The minimum absolute atomic E-state index is 0.354. The van der Waals surface area contributed by atoms with Crippen molar-refractivity contribution in [3.8, 4) is 11.5 Å². The molecule has 1 heterocycles. The summed E-state index contributed by atoms with van der Waals surface area (Å²) in [5.41, 5.74) is 4.10. The van der Waals surface area contributed by atoms with Gasteiger partial charge in [-0.1, -0.05) is 64.8 Å². The number of hydrogen-bond acceptors (Lipinski definition) is 4. The molecule has 0 bridgehead atoms. The quantitative estimate of drug-likeness (QED) is 0.0960. The van der Waals surface area contributed by atoms with Crippen LogP contribution in [0.4, 0.5) is 5.69 Å². The average molecular weight is 536 g/mol. The first kappa shape index (κ1) is 28.1. The molecule has 2 aliphatic rings. The summed E-state index contributed by atoms with van der Waals surface area (Å²) in [4.78, 5) is 12.6. The van der Waals surface area contributed by atoms with E-state index >= 15 is 0 Å². The maximum atomic E-state index is 6.56. The number of rotatable bonds is 11. The third-order valence-corrected chi connectivity index (χ3v) is 8.37. The topological polar surface area (TPSA) is 41.6 Å². The largest absolute Gasteiger partial charge is 0.453 e. The minimum atomic E-state index is 0.354. The second-order valence-corrected chi connectivity index (χ2v) is 12.5. The smallest absolute Gasteiger partial charge is 0.155 e. The number of hydrogen-bond donors (Lipinski definition) is 0. The van der Waals surface area contributed by atoms with E-state index in [9.17, 15) is 0 Å². The minimum Gasteiger partial charge on any atom is -0.453 e. The molecular weight excluding hydrogens is 490 g/mol. The fraction of sp³-hybridized carbons (Fsp3) is 0.444. The molecule has 0 N–H and O–H groups in total. The Morgan fingerprint density at radius 1 is 0.875 bits per heavy atom. The van der Waals surface area contributed by atoms with Crippen LogP contribution in [0.1, 0.15) is 73.6 Å². The summed E-state index contributed by atoms with van der Waals surface area (Å²) in [6.45, 7) is 16.5. The third-order valence-electron chi connectivity index (χ3n) is 8.37. The summed E-state index contributed by atoms with van der Waals surface area (Å²) in [6.07, 6.45) is 6.18. The maximum Gasteiger partial charge on any atom is 0.155 e. The van der Waals surface area contributed by atoms with Gasteiger partial charge in [-0.05, 0) is 79.5 Å². The summed E-state index contributed by atoms with van der Waals surface area (Å²) < 4.78 is 6.56. The fourth-order valence-electron chi connectivity index (χ4n) is 5.95. The number of nitrogens with zero attached hydrogens (tertiary/aromatic N) is 3. The normalized spacial score (nSPS) is 12.9. The summed E-state index contributed by atoms with van der Waals surface area (Å²) in [7, 11) is 0. The van der Waals surface area contributed by atoms with Crippen molar-refractivity contribution < 1.29 is 4.42 Å². The van der Waals surface area contributed by atoms with E-state index < -0.39 is 0 Å². The van der Waals surface area contributed by atoms with E-state index in [2.05, 4.69) is 107 Å². The maximum absolute atomic E-state index is 6.56. The van der Waals surface area contributed by atoms with Crippen LogP contribution < -0.4 is 10.3 Å². The molecule has 4 nitrogen and oxygen atoms in total. The molecule has 4 heteroatoms. The SMILES string of the molecule is CCN(CC)c1ccc2nc3c4cc5ccccc5cc4c(=NCCCC(C)(C)CCCC(C)C)cc-3oc2c1. The Morgan fingerprint density at radius 2 is 1.57 bits per heavy atom. The van der Waals surface area contributed by atoms with Gasteiger partial charge in [0, 0.05) is 48.2 Å².